The Morgan fingerprint density at radius 1 is 1.19 bits per heavy atom. The van der Waals surface area contributed by atoms with Crippen molar-refractivity contribution in [1.82, 2.24) is 4.98 Å². The van der Waals surface area contributed by atoms with E-state index in [-0.39, 0.29) is 0 Å². The zero-order valence-electron chi connectivity index (χ0n) is 8.56. The smallest absolute Gasteiger partial charge is 0.129 e. The van der Waals surface area contributed by atoms with E-state index in [4.69, 9.17) is 17.3 Å². The first kappa shape index (κ1) is 11.3. The molecule has 0 radical (unpaired) electrons. The van der Waals surface area contributed by atoms with Crippen molar-refractivity contribution >= 4 is 29.1 Å². The average Bonchev–Trinajstić information content (AvgIpc) is 2.27. The molecular weight excluding hydrogens is 240 g/mol. The zero-order chi connectivity index (χ0) is 11.4. The van der Waals surface area contributed by atoms with Crippen LogP contribution in [0.15, 0.2) is 47.4 Å². The van der Waals surface area contributed by atoms with Crippen molar-refractivity contribution < 1.29 is 0 Å². The SMILES string of the molecule is Nc1cccc(SCc2cccc(Cl)n2)c1. The van der Waals surface area contributed by atoms with E-state index in [2.05, 4.69) is 4.98 Å². The van der Waals surface area contributed by atoms with E-state index in [1.165, 1.54) is 0 Å². The second-order valence-electron chi connectivity index (χ2n) is 3.31. The lowest BCUT2D eigenvalue weighted by atomic mass is 10.3. The predicted molar refractivity (Wildman–Crippen MR) is 69.7 cm³/mol. The van der Waals surface area contributed by atoms with Gasteiger partial charge in [-0.15, -0.1) is 11.8 Å². The third kappa shape index (κ3) is 3.15. The molecule has 2 aromatic rings. The lowest BCUT2D eigenvalue weighted by Gasteiger charge is -2.02. The number of hydrogen-bond acceptors (Lipinski definition) is 3. The van der Waals surface area contributed by atoms with Crippen molar-refractivity contribution in [2.45, 2.75) is 10.6 Å². The van der Waals surface area contributed by atoms with E-state index in [1.54, 1.807) is 17.8 Å². The Hall–Kier alpha value is -1.19. The van der Waals surface area contributed by atoms with E-state index in [0.717, 1.165) is 22.0 Å². The summed E-state index contributed by atoms with van der Waals surface area (Å²) >= 11 is 7.51. The van der Waals surface area contributed by atoms with Crippen molar-refractivity contribution in [2.24, 2.45) is 0 Å². The van der Waals surface area contributed by atoms with Crippen molar-refractivity contribution in [2.75, 3.05) is 5.73 Å². The highest BCUT2D eigenvalue weighted by molar-refractivity contribution is 7.98. The lowest BCUT2D eigenvalue weighted by molar-refractivity contribution is 1.17. The Kier molecular flexibility index (Phi) is 3.70. The summed E-state index contributed by atoms with van der Waals surface area (Å²) in [4.78, 5) is 5.36. The van der Waals surface area contributed by atoms with Crippen molar-refractivity contribution in [3.05, 3.63) is 53.3 Å². The molecule has 0 saturated heterocycles. The van der Waals surface area contributed by atoms with Crippen LogP contribution in [-0.4, -0.2) is 4.98 Å². The molecule has 1 aromatic heterocycles. The maximum atomic E-state index is 5.81. The molecule has 82 valence electrons. The van der Waals surface area contributed by atoms with Gasteiger partial charge in [0.1, 0.15) is 5.15 Å². The molecule has 0 bridgehead atoms. The molecule has 0 atom stereocenters. The van der Waals surface area contributed by atoms with E-state index in [0.29, 0.717) is 5.15 Å². The maximum Gasteiger partial charge on any atom is 0.129 e. The molecule has 0 unspecified atom stereocenters. The second kappa shape index (κ2) is 5.23. The normalized spacial score (nSPS) is 10.3. The number of halogens is 1. The first-order chi connectivity index (χ1) is 7.74. The summed E-state index contributed by atoms with van der Waals surface area (Å²) in [6.45, 7) is 0. The number of hydrogen-bond donors (Lipinski definition) is 1. The molecule has 1 heterocycles. The highest BCUT2D eigenvalue weighted by Gasteiger charge is 1.98. The molecule has 0 aliphatic rings. The summed E-state index contributed by atoms with van der Waals surface area (Å²) in [5.74, 6) is 0.796. The fourth-order valence-corrected chi connectivity index (χ4v) is 2.34. The molecule has 0 amide bonds. The van der Waals surface area contributed by atoms with E-state index >= 15 is 0 Å². The average molecular weight is 251 g/mol. The topological polar surface area (TPSA) is 38.9 Å². The molecule has 0 saturated carbocycles. The van der Waals surface area contributed by atoms with Gasteiger partial charge in [-0.1, -0.05) is 23.7 Å². The van der Waals surface area contributed by atoms with Gasteiger partial charge in [-0.2, -0.15) is 0 Å². The second-order valence-corrected chi connectivity index (χ2v) is 4.75. The third-order valence-corrected chi connectivity index (χ3v) is 3.26. The number of pyridine rings is 1. The van der Waals surface area contributed by atoms with Crippen LogP contribution < -0.4 is 5.73 Å². The largest absolute Gasteiger partial charge is 0.399 e. The molecule has 0 aliphatic carbocycles. The Balaban J connectivity index is 2.02. The van der Waals surface area contributed by atoms with Gasteiger partial charge in [0.25, 0.3) is 0 Å². The third-order valence-electron chi connectivity index (χ3n) is 2.02. The van der Waals surface area contributed by atoms with E-state index in [1.807, 2.05) is 36.4 Å². The van der Waals surface area contributed by atoms with Gasteiger partial charge in [0.15, 0.2) is 0 Å². The first-order valence-corrected chi connectivity index (χ1v) is 6.20. The number of nitrogen functional groups attached to an aromatic ring is 1. The number of nitrogens with two attached hydrogens (primary N) is 1. The van der Waals surface area contributed by atoms with Crippen LogP contribution in [0.3, 0.4) is 0 Å². The minimum atomic E-state index is 0.533. The van der Waals surface area contributed by atoms with Gasteiger partial charge in [-0.25, -0.2) is 4.98 Å². The van der Waals surface area contributed by atoms with Crippen LogP contribution in [0.2, 0.25) is 5.15 Å². The summed E-state index contributed by atoms with van der Waals surface area (Å²) in [5, 5.41) is 0.533. The predicted octanol–water partition coefficient (Wildman–Crippen LogP) is 3.61. The number of thioether (sulfide) groups is 1. The fourth-order valence-electron chi connectivity index (χ4n) is 1.29. The molecule has 4 heteroatoms. The zero-order valence-corrected chi connectivity index (χ0v) is 10.1. The molecular formula is C12H11ClN2S. The monoisotopic (exact) mass is 250 g/mol. The van der Waals surface area contributed by atoms with Gasteiger partial charge in [-0.05, 0) is 30.3 Å². The summed E-state index contributed by atoms with van der Waals surface area (Å²) < 4.78 is 0. The van der Waals surface area contributed by atoms with Crippen LogP contribution in [0.4, 0.5) is 5.69 Å². The molecule has 0 spiro atoms. The number of benzene rings is 1. The standard InChI is InChI=1S/C12H11ClN2S/c13-12-6-2-4-10(15-12)8-16-11-5-1-3-9(14)7-11/h1-7H,8,14H2. The molecule has 0 aliphatic heterocycles. The Labute approximate surface area is 104 Å². The summed E-state index contributed by atoms with van der Waals surface area (Å²) in [7, 11) is 0. The number of aromatic nitrogens is 1. The molecule has 2 nitrogen and oxygen atoms in total. The Bertz CT molecular complexity index is 442. The quantitative estimate of drug-likeness (QED) is 0.514. The highest BCUT2D eigenvalue weighted by atomic mass is 35.5. The number of nitrogens with zero attached hydrogens (tertiary/aromatic N) is 1. The minimum Gasteiger partial charge on any atom is -0.399 e. The summed E-state index contributed by atoms with van der Waals surface area (Å²) in [5.41, 5.74) is 7.46. The van der Waals surface area contributed by atoms with E-state index < -0.39 is 0 Å². The van der Waals surface area contributed by atoms with Gasteiger partial charge in [0, 0.05) is 16.3 Å². The summed E-state index contributed by atoms with van der Waals surface area (Å²) in [6, 6.07) is 13.5. The van der Waals surface area contributed by atoms with Gasteiger partial charge in [0.05, 0.1) is 5.69 Å². The van der Waals surface area contributed by atoms with Gasteiger partial charge in [0.2, 0.25) is 0 Å². The Morgan fingerprint density at radius 3 is 2.75 bits per heavy atom. The fraction of sp³-hybridized carbons (Fsp3) is 0.0833. The first-order valence-electron chi connectivity index (χ1n) is 4.84. The van der Waals surface area contributed by atoms with Crippen LogP contribution in [0, 0.1) is 0 Å². The van der Waals surface area contributed by atoms with Crippen molar-refractivity contribution in [3.8, 4) is 0 Å². The minimum absolute atomic E-state index is 0.533. The van der Waals surface area contributed by atoms with Crippen LogP contribution >= 0.6 is 23.4 Å². The molecule has 2 N–H and O–H groups in total. The molecule has 0 fully saturated rings. The van der Waals surface area contributed by atoms with Crippen LogP contribution in [0.5, 0.6) is 0 Å². The van der Waals surface area contributed by atoms with Gasteiger partial charge >= 0.3 is 0 Å². The van der Waals surface area contributed by atoms with Crippen LogP contribution in [-0.2, 0) is 5.75 Å². The van der Waals surface area contributed by atoms with Crippen molar-refractivity contribution in [1.29, 1.82) is 0 Å². The van der Waals surface area contributed by atoms with Gasteiger partial charge in [-0.3, -0.25) is 0 Å². The highest BCUT2D eigenvalue weighted by Crippen LogP contribution is 2.23. The Morgan fingerprint density at radius 2 is 2.00 bits per heavy atom. The molecule has 2 rings (SSSR count). The number of anilines is 1. The molecule has 16 heavy (non-hydrogen) atoms. The summed E-state index contributed by atoms with van der Waals surface area (Å²) in [6.07, 6.45) is 0. The van der Waals surface area contributed by atoms with Crippen molar-refractivity contribution in [3.63, 3.8) is 0 Å². The van der Waals surface area contributed by atoms with Gasteiger partial charge < -0.3 is 5.73 Å². The van der Waals surface area contributed by atoms with E-state index in [9.17, 15) is 0 Å². The molecule has 1 aromatic carbocycles. The number of rotatable bonds is 3. The lowest BCUT2D eigenvalue weighted by Crippen LogP contribution is -1.87. The van der Waals surface area contributed by atoms with Crippen LogP contribution in [0.25, 0.3) is 0 Å². The maximum absolute atomic E-state index is 5.81. The van der Waals surface area contributed by atoms with Crippen LogP contribution in [0.1, 0.15) is 5.69 Å².